The van der Waals surface area contributed by atoms with E-state index in [0.29, 0.717) is 5.92 Å². The van der Waals surface area contributed by atoms with Crippen LogP contribution in [0.3, 0.4) is 0 Å². The van der Waals surface area contributed by atoms with Crippen molar-refractivity contribution in [1.82, 2.24) is 19.7 Å². The van der Waals surface area contributed by atoms with E-state index < -0.39 is 0 Å². The fourth-order valence-corrected chi connectivity index (χ4v) is 5.03. The molecule has 0 bridgehead atoms. The van der Waals surface area contributed by atoms with Crippen molar-refractivity contribution in [3.8, 4) is 11.5 Å². The standard InChI is InChI=1S/C24H30N4O2S/c1-27-23(25-26-24(27)31-17-18-8-5-4-6-9-18)20-10-7-11-28(16-20)15-19-12-21(29-2)14-22(13-19)30-3/h4-6,8-9,12-14,20H,7,10-11,15-17H2,1-3H3. The maximum atomic E-state index is 5.43. The minimum atomic E-state index is 0.393. The molecule has 31 heavy (non-hydrogen) atoms. The zero-order valence-corrected chi connectivity index (χ0v) is 19.3. The van der Waals surface area contributed by atoms with E-state index in [1.807, 2.05) is 12.1 Å². The third-order valence-electron chi connectivity index (χ3n) is 5.77. The number of hydrogen-bond acceptors (Lipinski definition) is 6. The number of likely N-dealkylation sites (tertiary alicyclic amines) is 1. The number of thioether (sulfide) groups is 1. The molecule has 3 aromatic rings. The van der Waals surface area contributed by atoms with Crippen LogP contribution >= 0.6 is 11.8 Å². The van der Waals surface area contributed by atoms with Crippen LogP contribution in [0.5, 0.6) is 11.5 Å². The second-order valence-corrected chi connectivity index (χ2v) is 8.91. The van der Waals surface area contributed by atoms with Crippen LogP contribution in [0, 0.1) is 0 Å². The van der Waals surface area contributed by atoms with Crippen LogP contribution in [0.25, 0.3) is 0 Å². The predicted molar refractivity (Wildman–Crippen MR) is 124 cm³/mol. The molecular formula is C24H30N4O2S. The minimum Gasteiger partial charge on any atom is -0.497 e. The van der Waals surface area contributed by atoms with Gasteiger partial charge in [-0.2, -0.15) is 0 Å². The molecule has 0 amide bonds. The molecule has 0 spiro atoms. The van der Waals surface area contributed by atoms with Crippen molar-refractivity contribution in [2.24, 2.45) is 7.05 Å². The average Bonchev–Trinajstić information content (AvgIpc) is 3.18. The maximum absolute atomic E-state index is 5.43. The maximum Gasteiger partial charge on any atom is 0.191 e. The summed E-state index contributed by atoms with van der Waals surface area (Å²) >= 11 is 1.74. The number of rotatable bonds is 8. The summed E-state index contributed by atoms with van der Waals surface area (Å²) in [4.78, 5) is 2.49. The van der Waals surface area contributed by atoms with Crippen LogP contribution < -0.4 is 9.47 Å². The molecule has 2 aromatic carbocycles. The summed E-state index contributed by atoms with van der Waals surface area (Å²) in [5, 5.41) is 10.0. The Bertz CT molecular complexity index is 970. The molecule has 0 saturated carbocycles. The first-order valence-electron chi connectivity index (χ1n) is 10.7. The average molecular weight is 439 g/mol. The van der Waals surface area contributed by atoms with Crippen LogP contribution in [-0.4, -0.2) is 47.0 Å². The van der Waals surface area contributed by atoms with Crippen LogP contribution in [0.15, 0.2) is 53.7 Å². The summed E-state index contributed by atoms with van der Waals surface area (Å²) in [5.74, 6) is 4.04. The summed E-state index contributed by atoms with van der Waals surface area (Å²) in [6, 6.07) is 16.6. The minimum absolute atomic E-state index is 0.393. The third-order valence-corrected chi connectivity index (χ3v) is 6.86. The van der Waals surface area contributed by atoms with Crippen molar-refractivity contribution in [2.45, 2.75) is 36.2 Å². The monoisotopic (exact) mass is 438 g/mol. The van der Waals surface area contributed by atoms with Gasteiger partial charge in [0.05, 0.1) is 14.2 Å². The van der Waals surface area contributed by atoms with Gasteiger partial charge in [-0.1, -0.05) is 42.1 Å². The second kappa shape index (κ2) is 10.2. The van der Waals surface area contributed by atoms with Gasteiger partial charge in [-0.05, 0) is 42.6 Å². The zero-order chi connectivity index (χ0) is 21.6. The van der Waals surface area contributed by atoms with E-state index in [1.165, 1.54) is 11.1 Å². The van der Waals surface area contributed by atoms with Gasteiger partial charge in [-0.15, -0.1) is 10.2 Å². The lowest BCUT2D eigenvalue weighted by atomic mass is 9.96. The van der Waals surface area contributed by atoms with Crippen LogP contribution in [0.1, 0.15) is 35.7 Å². The highest BCUT2D eigenvalue weighted by atomic mass is 32.2. The van der Waals surface area contributed by atoms with Gasteiger partial charge in [-0.25, -0.2) is 0 Å². The van der Waals surface area contributed by atoms with Gasteiger partial charge in [-0.3, -0.25) is 4.90 Å². The number of aromatic nitrogens is 3. The summed E-state index contributed by atoms with van der Waals surface area (Å²) in [5.41, 5.74) is 2.50. The Hall–Kier alpha value is -2.51. The van der Waals surface area contributed by atoms with Gasteiger partial charge in [0.25, 0.3) is 0 Å². The third kappa shape index (κ3) is 5.40. The number of nitrogens with zero attached hydrogens (tertiary/aromatic N) is 4. The van der Waals surface area contributed by atoms with E-state index in [2.05, 4.69) is 63.1 Å². The molecule has 7 heteroatoms. The zero-order valence-electron chi connectivity index (χ0n) is 18.5. The van der Waals surface area contributed by atoms with Crippen molar-refractivity contribution < 1.29 is 9.47 Å². The second-order valence-electron chi connectivity index (χ2n) is 7.97. The molecule has 6 nitrogen and oxygen atoms in total. The van der Waals surface area contributed by atoms with Crippen LogP contribution in [0.2, 0.25) is 0 Å². The molecule has 2 heterocycles. The fourth-order valence-electron chi connectivity index (χ4n) is 4.16. The molecule has 1 aromatic heterocycles. The number of hydrogen-bond donors (Lipinski definition) is 0. The number of ether oxygens (including phenoxy) is 2. The summed E-state index contributed by atoms with van der Waals surface area (Å²) in [7, 11) is 5.47. The Kier molecular flexibility index (Phi) is 7.14. The topological polar surface area (TPSA) is 52.4 Å². The normalized spacial score (nSPS) is 16.9. The molecular weight excluding hydrogens is 408 g/mol. The van der Waals surface area contributed by atoms with Gasteiger partial charge >= 0.3 is 0 Å². The van der Waals surface area contributed by atoms with Crippen molar-refractivity contribution in [2.75, 3.05) is 27.3 Å². The summed E-state index contributed by atoms with van der Waals surface area (Å²) in [6.07, 6.45) is 2.30. The van der Waals surface area contributed by atoms with E-state index >= 15 is 0 Å². The molecule has 1 fully saturated rings. The SMILES string of the molecule is COc1cc(CN2CCCC(c3nnc(SCc4ccccc4)n3C)C2)cc(OC)c1. The highest BCUT2D eigenvalue weighted by Gasteiger charge is 2.26. The van der Waals surface area contributed by atoms with E-state index in [-0.39, 0.29) is 0 Å². The Morgan fingerprint density at radius 3 is 2.45 bits per heavy atom. The molecule has 164 valence electrons. The van der Waals surface area contributed by atoms with Gasteiger partial charge in [0.2, 0.25) is 0 Å². The lowest BCUT2D eigenvalue weighted by molar-refractivity contribution is 0.194. The van der Waals surface area contributed by atoms with Crippen molar-refractivity contribution in [3.05, 3.63) is 65.5 Å². The van der Waals surface area contributed by atoms with Crippen LogP contribution in [-0.2, 0) is 19.3 Å². The molecule has 0 radical (unpaired) electrons. The Morgan fingerprint density at radius 2 is 1.74 bits per heavy atom. The quantitative estimate of drug-likeness (QED) is 0.483. The smallest absolute Gasteiger partial charge is 0.191 e. The van der Waals surface area contributed by atoms with Crippen molar-refractivity contribution in [1.29, 1.82) is 0 Å². The highest BCUT2D eigenvalue weighted by molar-refractivity contribution is 7.98. The van der Waals surface area contributed by atoms with Crippen LogP contribution in [0.4, 0.5) is 0 Å². The first-order chi connectivity index (χ1) is 15.2. The Morgan fingerprint density at radius 1 is 1.00 bits per heavy atom. The highest BCUT2D eigenvalue weighted by Crippen LogP contribution is 2.30. The Labute approximate surface area is 188 Å². The van der Waals surface area contributed by atoms with E-state index in [4.69, 9.17) is 9.47 Å². The van der Waals surface area contributed by atoms with E-state index in [9.17, 15) is 0 Å². The molecule has 1 unspecified atom stereocenters. The largest absolute Gasteiger partial charge is 0.497 e. The summed E-state index contributed by atoms with van der Waals surface area (Å²) < 4.78 is 13.0. The molecule has 0 N–H and O–H groups in total. The lowest BCUT2D eigenvalue weighted by Crippen LogP contribution is -2.34. The molecule has 1 aliphatic heterocycles. The van der Waals surface area contributed by atoms with Crippen molar-refractivity contribution >= 4 is 11.8 Å². The first-order valence-corrected chi connectivity index (χ1v) is 11.6. The molecule has 1 saturated heterocycles. The van der Waals surface area contributed by atoms with Gasteiger partial charge in [0.1, 0.15) is 17.3 Å². The number of methoxy groups -OCH3 is 2. The van der Waals surface area contributed by atoms with Gasteiger partial charge in [0, 0.05) is 37.9 Å². The Balaban J connectivity index is 1.41. The fraction of sp³-hybridized carbons (Fsp3) is 0.417. The molecule has 1 aliphatic rings. The molecule has 4 rings (SSSR count). The lowest BCUT2D eigenvalue weighted by Gasteiger charge is -2.32. The number of piperidine rings is 1. The van der Waals surface area contributed by atoms with E-state index in [1.54, 1.807) is 26.0 Å². The predicted octanol–water partition coefficient (Wildman–Crippen LogP) is 4.50. The van der Waals surface area contributed by atoms with Crippen molar-refractivity contribution in [3.63, 3.8) is 0 Å². The first kappa shape index (κ1) is 21.7. The van der Waals surface area contributed by atoms with Gasteiger partial charge < -0.3 is 14.0 Å². The van der Waals surface area contributed by atoms with E-state index in [0.717, 1.165) is 60.7 Å². The number of benzene rings is 2. The van der Waals surface area contributed by atoms with Gasteiger partial charge in [0.15, 0.2) is 5.16 Å². The molecule has 0 aliphatic carbocycles. The summed E-state index contributed by atoms with van der Waals surface area (Å²) in [6.45, 7) is 2.94. The molecule has 1 atom stereocenters.